The van der Waals surface area contributed by atoms with Gasteiger partial charge in [0.1, 0.15) is 28.6 Å². The molecule has 0 fully saturated rings. The van der Waals surface area contributed by atoms with Crippen LogP contribution in [0.25, 0.3) is 0 Å². The van der Waals surface area contributed by atoms with Crippen LogP contribution in [0.3, 0.4) is 0 Å². The second kappa shape index (κ2) is 6.24. The maximum absolute atomic E-state index is 13.2. The molecule has 2 N–H and O–H groups in total. The first-order valence-electron chi connectivity index (χ1n) is 8.21. The topological polar surface area (TPSA) is 104 Å². The number of Topliss-reactive ketones (excluding diaryl/α,β-unsaturated/α-hetero) is 1. The molecule has 0 unspecified atom stereocenters. The third kappa shape index (κ3) is 2.52. The second-order valence-electron chi connectivity index (χ2n) is 6.20. The van der Waals surface area contributed by atoms with E-state index in [1.54, 1.807) is 12.1 Å². The number of aliphatic hydroxyl groups excluding tert-OH is 1. The Bertz CT molecular complexity index is 922. The van der Waals surface area contributed by atoms with Gasteiger partial charge in [-0.3, -0.25) is 4.79 Å². The number of phenolic OH excluding ortho intramolecular Hbond substituents is 1. The van der Waals surface area contributed by atoms with Crippen molar-refractivity contribution in [3.63, 3.8) is 0 Å². The van der Waals surface area contributed by atoms with Crippen molar-refractivity contribution in [3.8, 4) is 34.5 Å². The largest absolute Gasteiger partial charge is 0.507 e. The maximum atomic E-state index is 13.2. The molecule has 4 rings (SSSR count). The number of carbonyl (C=O) groups is 1. The average molecular weight is 374 g/mol. The Balaban J connectivity index is 1.88. The zero-order valence-corrected chi connectivity index (χ0v) is 14.9. The van der Waals surface area contributed by atoms with Gasteiger partial charge in [-0.1, -0.05) is 0 Å². The van der Waals surface area contributed by atoms with Crippen LogP contribution in [-0.2, 0) is 0 Å². The summed E-state index contributed by atoms with van der Waals surface area (Å²) in [5.74, 6) is 0.0324. The van der Waals surface area contributed by atoms with E-state index in [4.69, 9.17) is 23.7 Å². The van der Waals surface area contributed by atoms with Gasteiger partial charge >= 0.3 is 0 Å². The van der Waals surface area contributed by atoms with E-state index in [1.165, 1.54) is 33.5 Å². The molecule has 0 amide bonds. The van der Waals surface area contributed by atoms with Crippen LogP contribution in [-0.4, -0.2) is 49.7 Å². The second-order valence-corrected chi connectivity index (χ2v) is 6.20. The summed E-state index contributed by atoms with van der Waals surface area (Å²) in [4.78, 5) is 13.2. The number of aliphatic hydroxyl groups is 1. The lowest BCUT2D eigenvalue weighted by Crippen LogP contribution is -2.49. The fraction of sp³-hybridized carbons (Fsp3) is 0.316. The summed E-state index contributed by atoms with van der Waals surface area (Å²) in [5.41, 5.74) is 0.515. The minimum absolute atomic E-state index is 0.0342. The molecule has 0 saturated carbocycles. The fourth-order valence-corrected chi connectivity index (χ4v) is 3.51. The lowest BCUT2D eigenvalue weighted by molar-refractivity contribution is -0.112. The first-order chi connectivity index (χ1) is 13.0. The molecule has 2 aromatic carbocycles. The third-order valence-corrected chi connectivity index (χ3v) is 4.79. The van der Waals surface area contributed by atoms with Crippen molar-refractivity contribution in [2.75, 3.05) is 21.3 Å². The first kappa shape index (κ1) is 17.3. The Morgan fingerprint density at radius 3 is 2.30 bits per heavy atom. The van der Waals surface area contributed by atoms with Crippen LogP contribution in [0.5, 0.6) is 34.5 Å². The van der Waals surface area contributed by atoms with Gasteiger partial charge in [-0.15, -0.1) is 0 Å². The number of phenols is 1. The van der Waals surface area contributed by atoms with E-state index in [1.807, 2.05) is 0 Å². The molecule has 27 heavy (non-hydrogen) atoms. The predicted octanol–water partition coefficient (Wildman–Crippen LogP) is 1.86. The van der Waals surface area contributed by atoms with Gasteiger partial charge < -0.3 is 33.9 Å². The standard InChI is InChI=1S/C19H18O8/c1-23-8-4-10(20)16-14(5-8)26-18-15(17(16)21)9-6-12(24-2)13(25-3)7-11(9)27-19(18)22/h4-7,15,18-20,22H,1-3H3/t15-,18-,19-/m1/s1. The number of benzene rings is 2. The number of aromatic hydroxyl groups is 1. The number of ether oxygens (including phenoxy) is 5. The van der Waals surface area contributed by atoms with E-state index in [9.17, 15) is 15.0 Å². The molecule has 0 radical (unpaired) electrons. The highest BCUT2D eigenvalue weighted by Gasteiger charge is 2.49. The normalized spacial score (nSPS) is 22.5. The molecule has 8 heteroatoms. The zero-order chi connectivity index (χ0) is 19.3. The minimum atomic E-state index is -1.38. The Morgan fingerprint density at radius 1 is 0.926 bits per heavy atom. The highest BCUT2D eigenvalue weighted by Crippen LogP contribution is 2.50. The van der Waals surface area contributed by atoms with Gasteiger partial charge in [-0.2, -0.15) is 0 Å². The number of ketones is 1. The zero-order valence-electron chi connectivity index (χ0n) is 14.9. The summed E-state index contributed by atoms with van der Waals surface area (Å²) in [6.07, 6.45) is -2.37. The van der Waals surface area contributed by atoms with Crippen molar-refractivity contribution in [3.05, 3.63) is 35.4 Å². The van der Waals surface area contributed by atoms with Gasteiger partial charge in [0.05, 0.1) is 27.2 Å². The van der Waals surface area contributed by atoms with Gasteiger partial charge in [-0.05, 0) is 6.07 Å². The molecule has 0 spiro atoms. The van der Waals surface area contributed by atoms with Gasteiger partial charge in [-0.25, -0.2) is 0 Å². The van der Waals surface area contributed by atoms with E-state index in [0.717, 1.165) is 0 Å². The van der Waals surface area contributed by atoms with Crippen LogP contribution in [0.1, 0.15) is 21.8 Å². The van der Waals surface area contributed by atoms with Crippen molar-refractivity contribution in [2.24, 2.45) is 0 Å². The number of carbonyl (C=O) groups excluding carboxylic acids is 1. The molecule has 2 aromatic rings. The van der Waals surface area contributed by atoms with E-state index in [0.29, 0.717) is 22.8 Å². The van der Waals surface area contributed by atoms with Crippen LogP contribution >= 0.6 is 0 Å². The average Bonchev–Trinajstić information content (AvgIpc) is 2.66. The summed E-state index contributed by atoms with van der Waals surface area (Å²) in [6, 6.07) is 5.99. The third-order valence-electron chi connectivity index (χ3n) is 4.79. The Hall–Kier alpha value is -3.13. The lowest BCUT2D eigenvalue weighted by Gasteiger charge is -2.39. The molecular weight excluding hydrogens is 356 g/mol. The summed E-state index contributed by atoms with van der Waals surface area (Å²) < 4.78 is 27.0. The summed E-state index contributed by atoms with van der Waals surface area (Å²) in [7, 11) is 4.39. The fourth-order valence-electron chi connectivity index (χ4n) is 3.51. The molecule has 2 aliphatic rings. The van der Waals surface area contributed by atoms with Crippen LogP contribution in [0.2, 0.25) is 0 Å². The first-order valence-corrected chi connectivity index (χ1v) is 8.21. The molecule has 0 saturated heterocycles. The van der Waals surface area contributed by atoms with Gasteiger partial charge in [0.2, 0.25) is 6.29 Å². The van der Waals surface area contributed by atoms with Gasteiger partial charge in [0, 0.05) is 23.8 Å². The number of fused-ring (bicyclic) bond motifs is 4. The highest BCUT2D eigenvalue weighted by molar-refractivity contribution is 6.07. The van der Waals surface area contributed by atoms with Crippen molar-refractivity contribution in [1.82, 2.24) is 0 Å². The van der Waals surface area contributed by atoms with Crippen LogP contribution < -0.4 is 23.7 Å². The summed E-state index contributed by atoms with van der Waals surface area (Å²) in [5, 5.41) is 20.7. The van der Waals surface area contributed by atoms with E-state index >= 15 is 0 Å². The van der Waals surface area contributed by atoms with Crippen molar-refractivity contribution < 1.29 is 38.7 Å². The van der Waals surface area contributed by atoms with Crippen molar-refractivity contribution in [2.45, 2.75) is 18.3 Å². The van der Waals surface area contributed by atoms with E-state index in [2.05, 4.69) is 0 Å². The maximum Gasteiger partial charge on any atom is 0.235 e. The van der Waals surface area contributed by atoms with Gasteiger partial charge in [0.25, 0.3) is 0 Å². The smallest absolute Gasteiger partial charge is 0.235 e. The Kier molecular flexibility index (Phi) is 4.00. The molecule has 3 atom stereocenters. The molecule has 2 heterocycles. The van der Waals surface area contributed by atoms with Crippen LogP contribution in [0.4, 0.5) is 0 Å². The van der Waals surface area contributed by atoms with Crippen LogP contribution in [0.15, 0.2) is 24.3 Å². The predicted molar refractivity (Wildman–Crippen MR) is 92.3 cm³/mol. The monoisotopic (exact) mass is 374 g/mol. The lowest BCUT2D eigenvalue weighted by atomic mass is 9.81. The molecule has 0 aromatic heterocycles. The Morgan fingerprint density at radius 2 is 1.63 bits per heavy atom. The number of rotatable bonds is 3. The SMILES string of the molecule is COc1cc(O)c2c(c1)O[C@H]1[C@H](O)Oc3cc(OC)c(OC)cc3[C@@H]1C2=O. The van der Waals surface area contributed by atoms with E-state index < -0.39 is 24.1 Å². The molecule has 142 valence electrons. The van der Waals surface area contributed by atoms with Crippen LogP contribution in [0, 0.1) is 0 Å². The Labute approximate surface area is 154 Å². The quantitative estimate of drug-likeness (QED) is 0.839. The molecular formula is C19H18O8. The molecule has 8 nitrogen and oxygen atoms in total. The van der Waals surface area contributed by atoms with Gasteiger partial charge in [0.15, 0.2) is 23.4 Å². The molecule has 2 aliphatic heterocycles. The number of hydrogen-bond donors (Lipinski definition) is 2. The number of hydrogen-bond acceptors (Lipinski definition) is 8. The van der Waals surface area contributed by atoms with Crippen molar-refractivity contribution >= 4 is 5.78 Å². The van der Waals surface area contributed by atoms with E-state index in [-0.39, 0.29) is 22.8 Å². The summed E-state index contributed by atoms with van der Waals surface area (Å²) >= 11 is 0. The minimum Gasteiger partial charge on any atom is -0.507 e. The molecule has 0 aliphatic carbocycles. The summed E-state index contributed by atoms with van der Waals surface area (Å²) in [6.45, 7) is 0. The highest BCUT2D eigenvalue weighted by atomic mass is 16.6. The molecule has 0 bridgehead atoms. The number of methoxy groups -OCH3 is 3. The van der Waals surface area contributed by atoms with Crippen molar-refractivity contribution in [1.29, 1.82) is 0 Å².